The van der Waals surface area contributed by atoms with Gasteiger partial charge in [0.2, 0.25) is 0 Å². The number of hydrogen-bond acceptors (Lipinski definition) is 4. The Morgan fingerprint density at radius 2 is 2.47 bits per heavy atom. The summed E-state index contributed by atoms with van der Waals surface area (Å²) in [5.74, 6) is -0.972. The van der Waals surface area contributed by atoms with Gasteiger partial charge >= 0.3 is 5.97 Å². The molecule has 0 fully saturated rings. The second-order valence-corrected chi connectivity index (χ2v) is 4.00. The molecule has 0 atom stereocenters. The zero-order valence-electron chi connectivity index (χ0n) is 8.04. The molecule has 0 amide bonds. The van der Waals surface area contributed by atoms with E-state index in [1.807, 2.05) is 12.3 Å². The maximum atomic E-state index is 10.8. The third-order valence-corrected chi connectivity index (χ3v) is 2.84. The van der Waals surface area contributed by atoms with Crippen LogP contribution in [0.5, 0.6) is 0 Å². The first-order valence-electron chi connectivity index (χ1n) is 4.33. The number of aromatic nitrogens is 3. The number of hydrogen-bond donors (Lipinski definition) is 1. The van der Waals surface area contributed by atoms with Crippen LogP contribution in [-0.2, 0) is 6.54 Å². The lowest BCUT2D eigenvalue weighted by molar-refractivity contribution is 0.0684. The summed E-state index contributed by atoms with van der Waals surface area (Å²) < 4.78 is 1.43. The summed E-state index contributed by atoms with van der Waals surface area (Å²) in [6.07, 6.45) is 1.48. The van der Waals surface area contributed by atoms with E-state index >= 15 is 0 Å². The first kappa shape index (κ1) is 9.85. The van der Waals surface area contributed by atoms with E-state index < -0.39 is 5.97 Å². The van der Waals surface area contributed by atoms with Gasteiger partial charge in [0.25, 0.3) is 0 Å². The van der Waals surface area contributed by atoms with Crippen molar-refractivity contribution in [3.05, 3.63) is 34.0 Å². The van der Waals surface area contributed by atoms with Gasteiger partial charge in [-0.1, -0.05) is 0 Å². The van der Waals surface area contributed by atoms with Crippen LogP contribution in [0.1, 0.15) is 21.2 Å². The molecule has 0 bridgehead atoms. The molecular formula is C9H9N3O2S. The molecule has 0 aromatic carbocycles. The van der Waals surface area contributed by atoms with Gasteiger partial charge in [0.15, 0.2) is 0 Å². The molecule has 2 rings (SSSR count). The summed E-state index contributed by atoms with van der Waals surface area (Å²) in [7, 11) is 0. The Hall–Kier alpha value is -1.69. The molecule has 15 heavy (non-hydrogen) atoms. The minimum Gasteiger partial charge on any atom is -0.477 e. The second-order valence-electron chi connectivity index (χ2n) is 3.06. The zero-order chi connectivity index (χ0) is 10.8. The Balaban J connectivity index is 2.24. The molecule has 0 aliphatic carbocycles. The summed E-state index contributed by atoms with van der Waals surface area (Å²) in [5, 5.41) is 15.6. The highest BCUT2D eigenvalue weighted by Gasteiger charge is 2.11. The van der Waals surface area contributed by atoms with Crippen molar-refractivity contribution in [2.45, 2.75) is 13.5 Å². The van der Waals surface area contributed by atoms with Gasteiger partial charge in [0.1, 0.15) is 10.7 Å². The van der Waals surface area contributed by atoms with Crippen LogP contribution in [0.2, 0.25) is 0 Å². The minimum atomic E-state index is -0.972. The van der Waals surface area contributed by atoms with E-state index in [0.29, 0.717) is 6.54 Å². The smallest absolute Gasteiger partial charge is 0.354 e. The number of thiazole rings is 1. The van der Waals surface area contributed by atoms with Gasteiger partial charge in [-0.05, 0) is 13.0 Å². The van der Waals surface area contributed by atoms with Crippen molar-refractivity contribution in [3.8, 4) is 0 Å². The molecular weight excluding hydrogens is 214 g/mol. The van der Waals surface area contributed by atoms with E-state index in [0.717, 1.165) is 10.7 Å². The van der Waals surface area contributed by atoms with Crippen molar-refractivity contribution in [1.82, 2.24) is 14.8 Å². The predicted molar refractivity (Wildman–Crippen MR) is 55.1 cm³/mol. The Bertz CT molecular complexity index is 489. The third-order valence-electron chi connectivity index (χ3n) is 1.89. The molecule has 6 heteroatoms. The summed E-state index contributed by atoms with van der Waals surface area (Å²) >= 11 is 1.50. The Kier molecular flexibility index (Phi) is 2.51. The van der Waals surface area contributed by atoms with E-state index in [1.54, 1.807) is 0 Å². The number of carboxylic acids is 1. The van der Waals surface area contributed by atoms with Gasteiger partial charge in [-0.25, -0.2) is 9.78 Å². The van der Waals surface area contributed by atoms with Crippen LogP contribution in [0.3, 0.4) is 0 Å². The first-order valence-corrected chi connectivity index (χ1v) is 5.21. The maximum absolute atomic E-state index is 10.8. The van der Waals surface area contributed by atoms with Gasteiger partial charge in [0, 0.05) is 17.3 Å². The molecule has 0 radical (unpaired) electrons. The molecule has 0 saturated heterocycles. The zero-order valence-corrected chi connectivity index (χ0v) is 8.86. The molecule has 0 saturated carbocycles. The fraction of sp³-hybridized carbons (Fsp3) is 0.222. The van der Waals surface area contributed by atoms with E-state index in [2.05, 4.69) is 10.1 Å². The molecule has 2 aromatic rings. The average Bonchev–Trinajstić information content (AvgIpc) is 2.75. The van der Waals surface area contributed by atoms with Crippen LogP contribution < -0.4 is 0 Å². The van der Waals surface area contributed by atoms with Crippen molar-refractivity contribution in [2.24, 2.45) is 0 Å². The van der Waals surface area contributed by atoms with Gasteiger partial charge in [-0.2, -0.15) is 5.10 Å². The lowest BCUT2D eigenvalue weighted by Gasteiger charge is -2.00. The fourth-order valence-electron chi connectivity index (χ4n) is 1.24. The van der Waals surface area contributed by atoms with Crippen molar-refractivity contribution in [2.75, 3.05) is 0 Å². The lowest BCUT2D eigenvalue weighted by Crippen LogP contribution is -2.10. The number of nitrogens with zero attached hydrogens (tertiary/aromatic N) is 3. The maximum Gasteiger partial charge on any atom is 0.354 e. The molecule has 1 N–H and O–H groups in total. The Morgan fingerprint density at radius 1 is 1.67 bits per heavy atom. The number of aryl methyl sites for hydroxylation is 1. The number of rotatable bonds is 3. The Morgan fingerprint density at radius 3 is 3.07 bits per heavy atom. The highest BCUT2D eigenvalue weighted by Crippen LogP contribution is 2.11. The van der Waals surface area contributed by atoms with Crippen molar-refractivity contribution in [3.63, 3.8) is 0 Å². The normalized spacial score (nSPS) is 10.5. The minimum absolute atomic E-state index is 0.183. The molecule has 0 aliphatic rings. The predicted octanol–water partition coefficient (Wildman–Crippen LogP) is 1.39. The molecule has 0 spiro atoms. The topological polar surface area (TPSA) is 68.0 Å². The van der Waals surface area contributed by atoms with Crippen LogP contribution in [-0.4, -0.2) is 25.8 Å². The molecule has 0 unspecified atom stereocenters. The van der Waals surface area contributed by atoms with Crippen LogP contribution >= 0.6 is 11.3 Å². The summed E-state index contributed by atoms with van der Waals surface area (Å²) in [5.41, 5.74) is 1.13. The molecule has 2 heterocycles. The SMILES string of the molecule is Cc1csc(Cn2nccc2C(=O)O)n1. The van der Waals surface area contributed by atoms with Gasteiger partial charge < -0.3 is 5.11 Å². The molecule has 0 aliphatic heterocycles. The van der Waals surface area contributed by atoms with Crippen LogP contribution in [0.4, 0.5) is 0 Å². The standard InChI is InChI=1S/C9H9N3O2S/c1-6-5-15-8(11-6)4-12-7(9(13)14)2-3-10-12/h2-3,5H,4H2,1H3,(H,13,14). The molecule has 78 valence electrons. The first-order chi connectivity index (χ1) is 7.16. The van der Waals surface area contributed by atoms with Crippen molar-refractivity contribution in [1.29, 1.82) is 0 Å². The van der Waals surface area contributed by atoms with E-state index in [9.17, 15) is 4.79 Å². The quantitative estimate of drug-likeness (QED) is 0.853. The Labute approximate surface area is 90.0 Å². The van der Waals surface area contributed by atoms with E-state index in [1.165, 1.54) is 28.3 Å². The van der Waals surface area contributed by atoms with Crippen LogP contribution in [0.25, 0.3) is 0 Å². The van der Waals surface area contributed by atoms with Crippen LogP contribution in [0, 0.1) is 6.92 Å². The van der Waals surface area contributed by atoms with Crippen LogP contribution in [0.15, 0.2) is 17.6 Å². The third kappa shape index (κ3) is 2.04. The van der Waals surface area contributed by atoms with E-state index in [4.69, 9.17) is 5.11 Å². The van der Waals surface area contributed by atoms with Gasteiger partial charge in [-0.3, -0.25) is 4.68 Å². The molecule has 2 aromatic heterocycles. The monoisotopic (exact) mass is 223 g/mol. The van der Waals surface area contributed by atoms with E-state index in [-0.39, 0.29) is 5.69 Å². The summed E-state index contributed by atoms with van der Waals surface area (Å²) in [6, 6.07) is 1.47. The lowest BCUT2D eigenvalue weighted by atomic mass is 10.4. The fourth-order valence-corrected chi connectivity index (χ4v) is 2.00. The van der Waals surface area contributed by atoms with Crippen molar-refractivity contribution < 1.29 is 9.90 Å². The highest BCUT2D eigenvalue weighted by atomic mass is 32.1. The van der Waals surface area contributed by atoms with Crippen molar-refractivity contribution >= 4 is 17.3 Å². The highest BCUT2D eigenvalue weighted by molar-refractivity contribution is 7.09. The number of carboxylic acid groups (broad SMARTS) is 1. The molecule has 5 nitrogen and oxygen atoms in total. The van der Waals surface area contributed by atoms with Gasteiger partial charge in [0.05, 0.1) is 6.54 Å². The summed E-state index contributed by atoms with van der Waals surface area (Å²) in [6.45, 7) is 2.31. The summed E-state index contributed by atoms with van der Waals surface area (Å²) in [4.78, 5) is 15.1. The number of carbonyl (C=O) groups is 1. The largest absolute Gasteiger partial charge is 0.477 e. The average molecular weight is 223 g/mol. The van der Waals surface area contributed by atoms with Gasteiger partial charge in [-0.15, -0.1) is 11.3 Å². The second kappa shape index (κ2) is 3.82. The number of aromatic carboxylic acids is 1.